The monoisotopic (exact) mass is 410 g/mol. The molecule has 2 heterocycles. The van der Waals surface area contributed by atoms with Crippen molar-refractivity contribution in [1.82, 2.24) is 10.1 Å². The van der Waals surface area contributed by atoms with Gasteiger partial charge in [-0.25, -0.2) is 0 Å². The van der Waals surface area contributed by atoms with Crippen LogP contribution < -0.4 is 0 Å². The number of hydrogen-bond acceptors (Lipinski definition) is 4. The Hall–Kier alpha value is -2.14. The molecule has 0 amide bonds. The third-order valence-electron chi connectivity index (χ3n) is 7.01. The average molecular weight is 411 g/mol. The van der Waals surface area contributed by atoms with E-state index in [4.69, 9.17) is 4.52 Å². The van der Waals surface area contributed by atoms with Crippen molar-refractivity contribution in [1.29, 1.82) is 0 Å². The van der Waals surface area contributed by atoms with E-state index in [1.807, 2.05) is 6.07 Å². The van der Waals surface area contributed by atoms with Gasteiger partial charge >= 0.3 is 5.97 Å². The fourth-order valence-electron chi connectivity index (χ4n) is 4.76. The predicted octanol–water partition coefficient (Wildman–Crippen LogP) is 5.25. The fourth-order valence-corrected chi connectivity index (χ4v) is 4.76. The number of piperidine rings is 1. The van der Waals surface area contributed by atoms with E-state index < -0.39 is 5.97 Å². The summed E-state index contributed by atoms with van der Waals surface area (Å²) >= 11 is 0. The highest BCUT2D eigenvalue weighted by Crippen LogP contribution is 2.36. The van der Waals surface area contributed by atoms with Gasteiger partial charge in [-0.15, -0.1) is 0 Å². The first-order valence-electron chi connectivity index (χ1n) is 11.3. The molecule has 5 nitrogen and oxygen atoms in total. The first-order valence-corrected chi connectivity index (χ1v) is 11.3. The van der Waals surface area contributed by atoms with Crippen molar-refractivity contribution >= 4 is 5.97 Å². The van der Waals surface area contributed by atoms with Crippen LogP contribution >= 0.6 is 0 Å². The zero-order valence-corrected chi connectivity index (χ0v) is 18.4. The Morgan fingerprint density at radius 1 is 1.23 bits per heavy atom. The lowest BCUT2D eigenvalue weighted by Crippen LogP contribution is -2.46. The molecule has 0 bridgehead atoms. The van der Waals surface area contributed by atoms with Crippen LogP contribution in [-0.4, -0.2) is 34.2 Å². The largest absolute Gasteiger partial charge is 0.481 e. The lowest BCUT2D eigenvalue weighted by atomic mass is 9.73. The minimum absolute atomic E-state index is 0.0832. The molecule has 1 saturated heterocycles. The highest BCUT2D eigenvalue weighted by Gasteiger charge is 2.37. The second-order valence-corrected chi connectivity index (χ2v) is 10.4. The van der Waals surface area contributed by atoms with Gasteiger partial charge in [0.05, 0.1) is 12.5 Å². The van der Waals surface area contributed by atoms with Crippen molar-refractivity contribution in [2.45, 2.75) is 59.4 Å². The van der Waals surface area contributed by atoms with Gasteiger partial charge in [-0.05, 0) is 41.7 Å². The summed E-state index contributed by atoms with van der Waals surface area (Å²) in [5, 5.41) is 13.9. The van der Waals surface area contributed by atoms with Crippen LogP contribution in [-0.2, 0) is 17.8 Å². The van der Waals surface area contributed by atoms with Gasteiger partial charge in [-0.2, -0.15) is 0 Å². The number of hydrogen-bond donors (Lipinski definition) is 1. The van der Waals surface area contributed by atoms with E-state index in [0.29, 0.717) is 19.0 Å². The molecule has 0 radical (unpaired) electrons. The second-order valence-electron chi connectivity index (χ2n) is 10.4. The number of likely N-dealkylation sites (tertiary alicyclic amines) is 1. The van der Waals surface area contributed by atoms with E-state index >= 15 is 0 Å². The molecule has 5 heteroatoms. The van der Waals surface area contributed by atoms with Crippen molar-refractivity contribution < 1.29 is 14.4 Å². The van der Waals surface area contributed by atoms with Crippen LogP contribution in [0.4, 0.5) is 0 Å². The summed E-state index contributed by atoms with van der Waals surface area (Å²) in [5.74, 6) is 0.959. The SMILES string of the molecule is CC(C)(C)C1CC(C(=O)O)CN(Cc2cc(-c3cccc(CC4CCC4)c3)no2)C1. The summed E-state index contributed by atoms with van der Waals surface area (Å²) in [6.07, 6.45) is 5.95. The van der Waals surface area contributed by atoms with Crippen LogP contribution in [0.5, 0.6) is 0 Å². The van der Waals surface area contributed by atoms with Crippen molar-refractivity contribution in [3.8, 4) is 11.3 Å². The Kier molecular flexibility index (Phi) is 6.01. The molecule has 30 heavy (non-hydrogen) atoms. The van der Waals surface area contributed by atoms with Gasteiger partial charge in [0.1, 0.15) is 5.69 Å². The Morgan fingerprint density at radius 2 is 2.03 bits per heavy atom. The van der Waals surface area contributed by atoms with Crippen LogP contribution in [0.2, 0.25) is 0 Å². The third-order valence-corrected chi connectivity index (χ3v) is 7.01. The Balaban J connectivity index is 1.44. The molecule has 2 unspecified atom stereocenters. The minimum atomic E-state index is -0.699. The number of benzene rings is 1. The van der Waals surface area contributed by atoms with E-state index in [0.717, 1.165) is 42.3 Å². The van der Waals surface area contributed by atoms with E-state index in [-0.39, 0.29) is 11.3 Å². The lowest BCUT2D eigenvalue weighted by molar-refractivity contribution is -0.145. The second kappa shape index (κ2) is 8.54. The van der Waals surface area contributed by atoms with Crippen molar-refractivity contribution in [3.63, 3.8) is 0 Å². The summed E-state index contributed by atoms with van der Waals surface area (Å²) in [6.45, 7) is 8.65. The number of aromatic nitrogens is 1. The number of rotatable bonds is 6. The van der Waals surface area contributed by atoms with Gasteiger partial charge < -0.3 is 9.63 Å². The normalized spacial score (nSPS) is 23.3. The molecule has 1 N–H and O–H groups in total. The number of aliphatic carboxylic acids is 1. The smallest absolute Gasteiger partial charge is 0.307 e. The molecule has 2 fully saturated rings. The molecule has 162 valence electrons. The van der Waals surface area contributed by atoms with Gasteiger partial charge in [0.25, 0.3) is 0 Å². The highest BCUT2D eigenvalue weighted by molar-refractivity contribution is 5.70. The zero-order chi connectivity index (χ0) is 21.3. The summed E-state index contributed by atoms with van der Waals surface area (Å²) < 4.78 is 5.65. The quantitative estimate of drug-likeness (QED) is 0.704. The minimum Gasteiger partial charge on any atom is -0.481 e. The van der Waals surface area contributed by atoms with Gasteiger partial charge in [0.15, 0.2) is 5.76 Å². The third kappa shape index (κ3) is 4.94. The van der Waals surface area contributed by atoms with Crippen molar-refractivity contribution in [2.75, 3.05) is 13.1 Å². The van der Waals surface area contributed by atoms with Crippen molar-refractivity contribution in [3.05, 3.63) is 41.7 Å². The van der Waals surface area contributed by atoms with Crippen LogP contribution in [0, 0.1) is 23.2 Å². The van der Waals surface area contributed by atoms with Gasteiger partial charge in [-0.1, -0.05) is 63.4 Å². The Labute approximate surface area is 179 Å². The van der Waals surface area contributed by atoms with E-state index in [2.05, 4.69) is 55.1 Å². The molecular formula is C25H34N2O3. The molecule has 2 aromatic rings. The predicted molar refractivity (Wildman–Crippen MR) is 117 cm³/mol. The average Bonchev–Trinajstić information content (AvgIpc) is 3.12. The molecule has 1 aromatic carbocycles. The van der Waals surface area contributed by atoms with Gasteiger partial charge in [-0.3, -0.25) is 9.69 Å². The van der Waals surface area contributed by atoms with E-state index in [9.17, 15) is 9.90 Å². The standard InChI is InChI=1S/C25H34N2O3/c1-25(2,3)21-12-20(24(28)29)14-27(15-21)16-22-13-23(26-30-22)19-9-5-8-18(11-19)10-17-6-4-7-17/h5,8-9,11,13,17,20-21H,4,6-7,10,12,14-16H2,1-3H3,(H,28,29). The maximum Gasteiger partial charge on any atom is 0.307 e. The topological polar surface area (TPSA) is 66.6 Å². The van der Waals surface area contributed by atoms with Crippen LogP contribution in [0.25, 0.3) is 11.3 Å². The Bertz CT molecular complexity index is 879. The van der Waals surface area contributed by atoms with E-state index in [1.165, 1.54) is 24.8 Å². The van der Waals surface area contributed by atoms with Gasteiger partial charge in [0, 0.05) is 24.7 Å². The molecule has 1 aliphatic heterocycles. The van der Waals surface area contributed by atoms with E-state index in [1.54, 1.807) is 0 Å². The van der Waals surface area contributed by atoms with Crippen LogP contribution in [0.1, 0.15) is 57.8 Å². The molecule has 2 aliphatic rings. The molecule has 1 aromatic heterocycles. The first-order chi connectivity index (χ1) is 14.3. The number of carboxylic acid groups (broad SMARTS) is 1. The maximum absolute atomic E-state index is 11.7. The summed E-state index contributed by atoms with van der Waals surface area (Å²) in [4.78, 5) is 13.9. The molecule has 1 saturated carbocycles. The molecule has 1 aliphatic carbocycles. The van der Waals surface area contributed by atoms with Gasteiger partial charge in [0.2, 0.25) is 0 Å². The molecular weight excluding hydrogens is 376 g/mol. The highest BCUT2D eigenvalue weighted by atomic mass is 16.5. The maximum atomic E-state index is 11.7. The molecule has 0 spiro atoms. The summed E-state index contributed by atoms with van der Waals surface area (Å²) in [5.41, 5.74) is 3.41. The first kappa shape index (κ1) is 21.1. The fraction of sp³-hybridized carbons (Fsp3) is 0.600. The van der Waals surface area contributed by atoms with Crippen LogP contribution in [0.15, 0.2) is 34.9 Å². The number of carbonyl (C=O) groups is 1. The number of nitrogens with zero attached hydrogens (tertiary/aromatic N) is 2. The molecule has 4 rings (SSSR count). The summed E-state index contributed by atoms with van der Waals surface area (Å²) in [7, 11) is 0. The lowest BCUT2D eigenvalue weighted by Gasteiger charge is -2.41. The van der Waals surface area contributed by atoms with Crippen LogP contribution in [0.3, 0.4) is 0 Å². The summed E-state index contributed by atoms with van der Waals surface area (Å²) in [6, 6.07) is 10.6. The Morgan fingerprint density at radius 3 is 2.70 bits per heavy atom. The number of carboxylic acids is 1. The zero-order valence-electron chi connectivity index (χ0n) is 18.4. The van der Waals surface area contributed by atoms with Crippen molar-refractivity contribution in [2.24, 2.45) is 23.2 Å². The molecule has 2 atom stereocenters.